The van der Waals surface area contributed by atoms with E-state index in [1.165, 1.54) is 5.56 Å². The molecule has 7 nitrogen and oxygen atoms in total. The molecule has 150 valence electrons. The quantitative estimate of drug-likeness (QED) is 0.313. The van der Waals surface area contributed by atoms with Crippen molar-refractivity contribution in [2.24, 2.45) is 4.99 Å². The summed E-state index contributed by atoms with van der Waals surface area (Å²) in [6.07, 6.45) is 2.72. The van der Waals surface area contributed by atoms with Gasteiger partial charge < -0.3 is 15.4 Å². The molecule has 2 heterocycles. The molecule has 1 aromatic carbocycles. The first-order chi connectivity index (χ1) is 13.1. The molecule has 0 aliphatic rings. The highest BCUT2D eigenvalue weighted by molar-refractivity contribution is 14.0. The number of nitrogens with zero attached hydrogens (tertiary/aromatic N) is 4. The fourth-order valence-electron chi connectivity index (χ4n) is 3.02. The third-order valence-corrected chi connectivity index (χ3v) is 4.45. The fourth-order valence-corrected chi connectivity index (χ4v) is 3.02. The van der Waals surface area contributed by atoms with Gasteiger partial charge in [-0.25, -0.2) is 0 Å². The molecule has 1 atom stereocenters. The number of rotatable bonds is 6. The monoisotopic (exact) mass is 494 g/mol. The van der Waals surface area contributed by atoms with Gasteiger partial charge in [0.05, 0.1) is 13.2 Å². The van der Waals surface area contributed by atoms with E-state index in [-0.39, 0.29) is 30.0 Å². The summed E-state index contributed by atoms with van der Waals surface area (Å²) in [6, 6.07) is 12.1. The van der Waals surface area contributed by atoms with Crippen LogP contribution in [0, 0.1) is 6.92 Å². The number of ether oxygens (including phenoxy) is 1. The highest BCUT2D eigenvalue weighted by atomic mass is 127. The summed E-state index contributed by atoms with van der Waals surface area (Å²) in [6.45, 7) is 4.87. The zero-order valence-electron chi connectivity index (χ0n) is 16.6. The number of aliphatic imine (C=N–C) groups is 1. The molecule has 0 aliphatic carbocycles. The predicted molar refractivity (Wildman–Crippen MR) is 123 cm³/mol. The minimum absolute atomic E-state index is 0. The molecule has 0 amide bonds. The largest absolute Gasteiger partial charge is 0.496 e. The predicted octanol–water partition coefficient (Wildman–Crippen LogP) is 3.13. The van der Waals surface area contributed by atoms with E-state index in [2.05, 4.69) is 45.7 Å². The third kappa shape index (κ3) is 5.12. The fraction of sp³-hybridized carbons (Fsp3) is 0.350. The van der Waals surface area contributed by atoms with Gasteiger partial charge in [0, 0.05) is 31.8 Å². The Morgan fingerprint density at radius 3 is 2.82 bits per heavy atom. The number of hydrogen-bond donors (Lipinski definition) is 2. The van der Waals surface area contributed by atoms with E-state index in [1.807, 2.05) is 40.9 Å². The standard InChI is InChI=1S/C20H26N6O.HI/c1-14-8-9-17(27-4)16(13-14)15(2)23-20(21-3)22-11-10-19-25-24-18-7-5-6-12-26(18)19;/h5-9,12-13,15H,10-11H2,1-4H3,(H2,21,22,23);1H. The zero-order chi connectivity index (χ0) is 19.2. The number of pyridine rings is 1. The first kappa shape index (κ1) is 21.9. The van der Waals surface area contributed by atoms with Crippen molar-refractivity contribution >= 4 is 35.6 Å². The summed E-state index contributed by atoms with van der Waals surface area (Å²) in [5.74, 6) is 2.52. The third-order valence-electron chi connectivity index (χ3n) is 4.45. The van der Waals surface area contributed by atoms with E-state index in [0.717, 1.165) is 35.2 Å². The molecule has 0 saturated carbocycles. The number of nitrogens with one attached hydrogen (secondary N) is 2. The van der Waals surface area contributed by atoms with E-state index in [0.29, 0.717) is 6.54 Å². The van der Waals surface area contributed by atoms with E-state index in [1.54, 1.807) is 14.2 Å². The summed E-state index contributed by atoms with van der Waals surface area (Å²) >= 11 is 0. The van der Waals surface area contributed by atoms with Crippen molar-refractivity contribution in [3.8, 4) is 5.75 Å². The van der Waals surface area contributed by atoms with Crippen molar-refractivity contribution < 1.29 is 4.74 Å². The molecule has 0 saturated heterocycles. The molecule has 1 unspecified atom stereocenters. The molecule has 0 fully saturated rings. The Balaban J connectivity index is 0.00000280. The van der Waals surface area contributed by atoms with Crippen LogP contribution < -0.4 is 15.4 Å². The van der Waals surface area contributed by atoms with Crippen molar-refractivity contribution in [2.75, 3.05) is 20.7 Å². The Labute approximate surface area is 182 Å². The molecule has 0 bridgehead atoms. The van der Waals surface area contributed by atoms with Crippen molar-refractivity contribution in [2.45, 2.75) is 26.3 Å². The number of fused-ring (bicyclic) bond motifs is 1. The second-order valence-corrected chi connectivity index (χ2v) is 6.41. The zero-order valence-corrected chi connectivity index (χ0v) is 19.0. The molecule has 0 radical (unpaired) electrons. The lowest BCUT2D eigenvalue weighted by Crippen LogP contribution is -2.39. The van der Waals surface area contributed by atoms with Crippen LogP contribution in [0.4, 0.5) is 0 Å². The second kappa shape index (κ2) is 10.3. The van der Waals surface area contributed by atoms with Crippen LogP contribution in [0.2, 0.25) is 0 Å². The first-order valence-electron chi connectivity index (χ1n) is 9.02. The lowest BCUT2D eigenvalue weighted by atomic mass is 10.0. The molecule has 0 spiro atoms. The van der Waals surface area contributed by atoms with Gasteiger partial charge >= 0.3 is 0 Å². The van der Waals surface area contributed by atoms with Crippen LogP contribution in [0.25, 0.3) is 5.65 Å². The number of halogens is 1. The Morgan fingerprint density at radius 1 is 1.25 bits per heavy atom. The van der Waals surface area contributed by atoms with Gasteiger partial charge in [0.25, 0.3) is 0 Å². The van der Waals surface area contributed by atoms with Gasteiger partial charge in [-0.1, -0.05) is 23.8 Å². The number of aryl methyl sites for hydroxylation is 1. The first-order valence-corrected chi connectivity index (χ1v) is 9.02. The molecule has 2 N–H and O–H groups in total. The average molecular weight is 494 g/mol. The number of benzene rings is 1. The molecule has 8 heteroatoms. The number of hydrogen-bond acceptors (Lipinski definition) is 4. The van der Waals surface area contributed by atoms with Gasteiger partial charge in [0.1, 0.15) is 11.6 Å². The van der Waals surface area contributed by atoms with E-state index in [4.69, 9.17) is 4.74 Å². The minimum atomic E-state index is 0. The number of methoxy groups -OCH3 is 1. The van der Waals surface area contributed by atoms with Crippen LogP contribution in [-0.2, 0) is 6.42 Å². The molecular weight excluding hydrogens is 467 g/mol. The average Bonchev–Trinajstić information content (AvgIpc) is 3.10. The van der Waals surface area contributed by atoms with Crippen LogP contribution >= 0.6 is 24.0 Å². The lowest BCUT2D eigenvalue weighted by molar-refractivity contribution is 0.405. The second-order valence-electron chi connectivity index (χ2n) is 6.41. The van der Waals surface area contributed by atoms with Crippen LogP contribution in [0.1, 0.15) is 29.9 Å². The molecule has 0 aliphatic heterocycles. The minimum Gasteiger partial charge on any atom is -0.496 e. The van der Waals surface area contributed by atoms with Crippen LogP contribution in [-0.4, -0.2) is 41.3 Å². The Kier molecular flexibility index (Phi) is 8.04. The topological polar surface area (TPSA) is 75.8 Å². The van der Waals surface area contributed by atoms with Gasteiger partial charge in [0.15, 0.2) is 11.6 Å². The SMILES string of the molecule is CN=C(NCCc1nnc2ccccn12)NC(C)c1cc(C)ccc1OC.I. The van der Waals surface area contributed by atoms with Crippen molar-refractivity contribution in [1.29, 1.82) is 0 Å². The maximum Gasteiger partial charge on any atom is 0.191 e. The van der Waals surface area contributed by atoms with Crippen LogP contribution in [0.15, 0.2) is 47.6 Å². The van der Waals surface area contributed by atoms with Crippen LogP contribution in [0.3, 0.4) is 0 Å². The summed E-state index contributed by atoms with van der Waals surface area (Å²) in [5, 5.41) is 15.2. The summed E-state index contributed by atoms with van der Waals surface area (Å²) < 4.78 is 7.49. The molecule has 2 aromatic heterocycles. The maximum atomic E-state index is 5.49. The summed E-state index contributed by atoms with van der Waals surface area (Å²) in [7, 11) is 3.46. The normalized spacial score (nSPS) is 12.4. The van der Waals surface area contributed by atoms with Gasteiger partial charge in [-0.2, -0.15) is 0 Å². The Hall–Kier alpha value is -2.36. The number of guanidine groups is 1. The lowest BCUT2D eigenvalue weighted by Gasteiger charge is -2.20. The van der Waals surface area contributed by atoms with Gasteiger partial charge in [-0.15, -0.1) is 34.2 Å². The van der Waals surface area contributed by atoms with Gasteiger partial charge in [-0.3, -0.25) is 9.39 Å². The van der Waals surface area contributed by atoms with Crippen molar-refractivity contribution in [1.82, 2.24) is 25.2 Å². The molecule has 28 heavy (non-hydrogen) atoms. The molecule has 3 rings (SSSR count). The van der Waals surface area contributed by atoms with Crippen molar-refractivity contribution in [3.63, 3.8) is 0 Å². The van der Waals surface area contributed by atoms with Crippen molar-refractivity contribution in [3.05, 3.63) is 59.5 Å². The van der Waals surface area contributed by atoms with E-state index >= 15 is 0 Å². The van der Waals surface area contributed by atoms with Gasteiger partial charge in [0.2, 0.25) is 0 Å². The van der Waals surface area contributed by atoms with E-state index < -0.39 is 0 Å². The highest BCUT2D eigenvalue weighted by Crippen LogP contribution is 2.25. The smallest absolute Gasteiger partial charge is 0.191 e. The summed E-state index contributed by atoms with van der Waals surface area (Å²) in [4.78, 5) is 4.32. The Bertz CT molecular complexity index is 939. The van der Waals surface area contributed by atoms with E-state index in [9.17, 15) is 0 Å². The van der Waals surface area contributed by atoms with Gasteiger partial charge in [-0.05, 0) is 32.0 Å². The number of aromatic nitrogens is 3. The van der Waals surface area contributed by atoms with Crippen LogP contribution in [0.5, 0.6) is 5.75 Å². The summed E-state index contributed by atoms with van der Waals surface area (Å²) in [5.41, 5.74) is 3.15. The maximum absolute atomic E-state index is 5.49. The Morgan fingerprint density at radius 2 is 2.07 bits per heavy atom. The highest BCUT2D eigenvalue weighted by Gasteiger charge is 2.13. The molecular formula is C20H27IN6O. The molecule has 3 aromatic rings.